The number of carbonyl (C=O) groups is 1. The number of ether oxygens (including phenoxy) is 1. The second-order valence-corrected chi connectivity index (χ2v) is 7.20. The molecule has 0 atom stereocenters. The molecule has 0 fully saturated rings. The van der Waals surface area contributed by atoms with E-state index in [9.17, 15) is 4.79 Å². The van der Waals surface area contributed by atoms with Gasteiger partial charge in [0, 0.05) is 22.8 Å². The molecule has 0 spiro atoms. The molecule has 20 heavy (non-hydrogen) atoms. The molecule has 0 aliphatic carbocycles. The molecule has 1 aromatic heterocycles. The van der Waals surface area contributed by atoms with Gasteiger partial charge < -0.3 is 9.15 Å². The fourth-order valence-electron chi connectivity index (χ4n) is 2.62. The third kappa shape index (κ3) is 2.01. The summed E-state index contributed by atoms with van der Waals surface area (Å²) in [6.45, 7) is 9.80. The number of benzene rings is 1. The highest BCUT2D eigenvalue weighted by Gasteiger charge is 2.33. The predicted molar refractivity (Wildman–Crippen MR) is 78.4 cm³/mol. The first kappa shape index (κ1) is 13.2. The lowest BCUT2D eigenvalue weighted by Crippen LogP contribution is -2.24. The zero-order valence-corrected chi connectivity index (χ0v) is 12.7. The minimum absolute atomic E-state index is 0.0136. The van der Waals surface area contributed by atoms with Crippen LogP contribution in [-0.4, -0.2) is 11.4 Å². The lowest BCUT2D eigenvalue weighted by molar-refractivity contribution is 0.0830. The molecule has 106 valence electrons. The molecule has 0 radical (unpaired) electrons. The van der Waals surface area contributed by atoms with Gasteiger partial charge in [0.15, 0.2) is 17.1 Å². The minimum Gasteiger partial charge on any atom is -0.483 e. The summed E-state index contributed by atoms with van der Waals surface area (Å²) in [6, 6.07) is 5.88. The Kier molecular flexibility index (Phi) is 2.56. The molecule has 3 heteroatoms. The number of hydrogen-bond donors (Lipinski definition) is 0. The number of furan rings is 1. The lowest BCUT2D eigenvalue weighted by Gasteiger charge is -2.16. The van der Waals surface area contributed by atoms with E-state index in [-0.39, 0.29) is 11.4 Å². The summed E-state index contributed by atoms with van der Waals surface area (Å²) < 4.78 is 11.8. The van der Waals surface area contributed by atoms with E-state index in [1.165, 1.54) is 0 Å². The van der Waals surface area contributed by atoms with E-state index in [1.54, 1.807) is 0 Å². The summed E-state index contributed by atoms with van der Waals surface area (Å²) in [6.07, 6.45) is 0.863. The molecular formula is C17H20O3. The fourth-order valence-corrected chi connectivity index (χ4v) is 2.62. The quantitative estimate of drug-likeness (QED) is 0.723. The first-order valence-corrected chi connectivity index (χ1v) is 6.97. The second kappa shape index (κ2) is 3.87. The Bertz CT molecular complexity index is 699. The average Bonchev–Trinajstić information content (AvgIpc) is 2.85. The maximum absolute atomic E-state index is 12.3. The van der Waals surface area contributed by atoms with Gasteiger partial charge in [-0.25, -0.2) is 0 Å². The van der Waals surface area contributed by atoms with Crippen LogP contribution in [-0.2, 0) is 6.42 Å². The molecule has 3 rings (SSSR count). The van der Waals surface area contributed by atoms with Crippen molar-refractivity contribution in [3.05, 3.63) is 29.5 Å². The van der Waals surface area contributed by atoms with Gasteiger partial charge in [-0.05, 0) is 19.9 Å². The Morgan fingerprint density at radius 3 is 2.60 bits per heavy atom. The third-order valence-electron chi connectivity index (χ3n) is 3.62. The first-order chi connectivity index (χ1) is 9.17. The van der Waals surface area contributed by atoms with Gasteiger partial charge in [-0.1, -0.05) is 32.9 Å². The van der Waals surface area contributed by atoms with Crippen molar-refractivity contribution in [3.8, 4) is 5.75 Å². The van der Waals surface area contributed by atoms with Crippen LogP contribution in [0.5, 0.6) is 5.75 Å². The zero-order chi connectivity index (χ0) is 14.7. The molecule has 0 amide bonds. The fraction of sp³-hybridized carbons (Fsp3) is 0.471. The lowest BCUT2D eigenvalue weighted by atomic mass is 9.89. The van der Waals surface area contributed by atoms with Gasteiger partial charge in [0.25, 0.3) is 0 Å². The molecular weight excluding hydrogens is 252 g/mol. The summed E-state index contributed by atoms with van der Waals surface area (Å²) in [5, 5.41) is 0.925. The Labute approximate surface area is 118 Å². The van der Waals surface area contributed by atoms with Gasteiger partial charge in [-0.15, -0.1) is 0 Å². The average molecular weight is 272 g/mol. The van der Waals surface area contributed by atoms with Crippen LogP contribution in [0.4, 0.5) is 0 Å². The Morgan fingerprint density at radius 1 is 1.25 bits per heavy atom. The van der Waals surface area contributed by atoms with E-state index < -0.39 is 5.41 Å². The highest BCUT2D eigenvalue weighted by atomic mass is 16.5. The number of ketones is 1. The van der Waals surface area contributed by atoms with Crippen molar-refractivity contribution in [2.45, 2.75) is 46.6 Å². The van der Waals surface area contributed by atoms with Gasteiger partial charge in [-0.3, -0.25) is 4.79 Å². The first-order valence-electron chi connectivity index (χ1n) is 6.97. The number of carbonyl (C=O) groups excluding carboxylic acids is 1. The maximum Gasteiger partial charge on any atom is 0.203 e. The van der Waals surface area contributed by atoms with Crippen LogP contribution in [0.25, 0.3) is 11.0 Å². The monoisotopic (exact) mass is 272 g/mol. The third-order valence-corrected chi connectivity index (χ3v) is 3.62. The van der Waals surface area contributed by atoms with Crippen molar-refractivity contribution in [1.82, 2.24) is 0 Å². The largest absolute Gasteiger partial charge is 0.483 e. The second-order valence-electron chi connectivity index (χ2n) is 7.20. The Morgan fingerprint density at radius 2 is 1.95 bits per heavy atom. The van der Waals surface area contributed by atoms with Crippen LogP contribution < -0.4 is 4.74 Å². The van der Waals surface area contributed by atoms with Gasteiger partial charge in [-0.2, -0.15) is 0 Å². The van der Waals surface area contributed by atoms with Gasteiger partial charge >= 0.3 is 0 Å². The Balaban J connectivity index is 2.13. The van der Waals surface area contributed by atoms with Crippen LogP contribution in [0.1, 0.15) is 50.7 Å². The molecule has 2 heterocycles. The summed E-state index contributed by atoms with van der Waals surface area (Å²) in [7, 11) is 0. The molecule has 0 N–H and O–H groups in total. The molecule has 3 nitrogen and oxygen atoms in total. The molecule has 1 aliphatic heterocycles. The summed E-state index contributed by atoms with van der Waals surface area (Å²) in [5.41, 5.74) is 1.18. The normalized spacial score (nSPS) is 17.1. The summed E-state index contributed by atoms with van der Waals surface area (Å²) >= 11 is 0. The number of hydrogen-bond acceptors (Lipinski definition) is 3. The smallest absolute Gasteiger partial charge is 0.203 e. The van der Waals surface area contributed by atoms with Crippen molar-refractivity contribution in [3.63, 3.8) is 0 Å². The SMILES string of the molecule is CC1(C)Cc2ccc3cc(C(=O)C(C)(C)C)oc3c2O1. The van der Waals surface area contributed by atoms with Crippen LogP contribution >= 0.6 is 0 Å². The van der Waals surface area contributed by atoms with Crippen LogP contribution in [0.2, 0.25) is 0 Å². The topological polar surface area (TPSA) is 39.4 Å². The minimum atomic E-state index is -0.447. The molecule has 1 aromatic carbocycles. The van der Waals surface area contributed by atoms with E-state index in [4.69, 9.17) is 9.15 Å². The van der Waals surface area contributed by atoms with E-state index in [0.29, 0.717) is 11.3 Å². The van der Waals surface area contributed by atoms with Crippen LogP contribution in [0.3, 0.4) is 0 Å². The van der Waals surface area contributed by atoms with E-state index >= 15 is 0 Å². The molecule has 1 aliphatic rings. The molecule has 0 saturated heterocycles. The van der Waals surface area contributed by atoms with Gasteiger partial charge in [0.1, 0.15) is 5.60 Å². The van der Waals surface area contributed by atoms with Gasteiger partial charge in [0.05, 0.1) is 0 Å². The van der Waals surface area contributed by atoms with Gasteiger partial charge in [0.2, 0.25) is 5.78 Å². The standard InChI is InChI=1S/C17H20O3/c1-16(2,3)15(18)12-8-10-6-7-11-9-17(4,5)20-14(11)13(10)19-12/h6-8H,9H2,1-5H3. The molecule has 0 saturated carbocycles. The number of fused-ring (bicyclic) bond motifs is 3. The van der Waals surface area contributed by atoms with E-state index in [2.05, 4.69) is 19.9 Å². The highest BCUT2D eigenvalue weighted by molar-refractivity contribution is 6.01. The number of Topliss-reactive ketones (excluding diaryl/α,β-unsaturated/α-hetero) is 1. The van der Waals surface area contributed by atoms with Crippen molar-refractivity contribution < 1.29 is 13.9 Å². The van der Waals surface area contributed by atoms with E-state index in [0.717, 1.165) is 23.1 Å². The van der Waals surface area contributed by atoms with E-state index in [1.807, 2.05) is 32.9 Å². The highest BCUT2D eigenvalue weighted by Crippen LogP contribution is 2.42. The van der Waals surface area contributed by atoms with Crippen molar-refractivity contribution in [2.24, 2.45) is 5.41 Å². The molecule has 2 aromatic rings. The zero-order valence-electron chi connectivity index (χ0n) is 12.7. The summed E-state index contributed by atoms with van der Waals surface area (Å²) in [4.78, 5) is 12.3. The molecule has 0 unspecified atom stereocenters. The predicted octanol–water partition coefficient (Wildman–Crippen LogP) is 4.38. The van der Waals surface area contributed by atoms with Crippen molar-refractivity contribution >= 4 is 16.8 Å². The van der Waals surface area contributed by atoms with Crippen molar-refractivity contribution in [1.29, 1.82) is 0 Å². The maximum atomic E-state index is 12.3. The molecule has 0 bridgehead atoms. The summed E-state index contributed by atoms with van der Waals surface area (Å²) in [5.74, 6) is 1.22. The van der Waals surface area contributed by atoms with Crippen LogP contribution in [0.15, 0.2) is 22.6 Å². The number of rotatable bonds is 1. The Hall–Kier alpha value is -1.77. The van der Waals surface area contributed by atoms with Crippen LogP contribution in [0, 0.1) is 5.41 Å². The van der Waals surface area contributed by atoms with Crippen molar-refractivity contribution in [2.75, 3.05) is 0 Å².